The molecule has 2 rings (SSSR count). The normalized spacial score (nSPS) is 10.2. The fourth-order valence-electron chi connectivity index (χ4n) is 1.28. The average Bonchev–Trinajstić information content (AvgIpc) is 2.41. The number of hydrogen-bond donors (Lipinski definition) is 0. The Morgan fingerprint density at radius 3 is 2.58 bits per heavy atom. The Bertz CT molecular complexity index is 605. The maximum absolute atomic E-state index is 10.9. The van der Waals surface area contributed by atoms with Crippen LogP contribution in [0.2, 0.25) is 5.02 Å². The van der Waals surface area contributed by atoms with E-state index in [1.807, 2.05) is 0 Å². The summed E-state index contributed by atoms with van der Waals surface area (Å²) in [6.45, 7) is 0. The smallest absolute Gasteiger partial charge is 0.322 e. The first-order valence-electron chi connectivity index (χ1n) is 5.09. The molecule has 0 radical (unpaired) electrons. The van der Waals surface area contributed by atoms with E-state index < -0.39 is 4.92 Å². The van der Waals surface area contributed by atoms with E-state index in [0.717, 1.165) is 5.56 Å². The van der Waals surface area contributed by atoms with E-state index in [4.69, 9.17) is 27.9 Å². The Morgan fingerprint density at radius 2 is 2.00 bits per heavy atom. The summed E-state index contributed by atoms with van der Waals surface area (Å²) in [5.41, 5.74) is 0.470. The van der Waals surface area contributed by atoms with Gasteiger partial charge in [-0.3, -0.25) is 10.1 Å². The fourth-order valence-corrected chi connectivity index (χ4v) is 1.59. The largest absolute Gasteiger partial charge is 0.417 e. The van der Waals surface area contributed by atoms with Crippen LogP contribution in [0.15, 0.2) is 30.6 Å². The molecule has 0 spiro atoms. The van der Waals surface area contributed by atoms with Gasteiger partial charge in [-0.1, -0.05) is 11.6 Å². The first kappa shape index (κ1) is 13.5. The number of rotatable bonds is 4. The number of hydrogen-bond acceptors (Lipinski definition) is 5. The van der Waals surface area contributed by atoms with E-state index in [2.05, 4.69) is 9.97 Å². The number of nitro benzene ring substituents is 1. The predicted molar refractivity (Wildman–Crippen MR) is 69.8 cm³/mol. The van der Waals surface area contributed by atoms with Crippen molar-refractivity contribution in [2.45, 2.75) is 5.88 Å². The molecule has 0 bridgehead atoms. The van der Waals surface area contributed by atoms with Crippen LogP contribution in [0.4, 0.5) is 5.69 Å². The van der Waals surface area contributed by atoms with Crippen molar-refractivity contribution in [1.29, 1.82) is 0 Å². The summed E-state index contributed by atoms with van der Waals surface area (Å²) >= 11 is 11.3. The summed E-state index contributed by atoms with van der Waals surface area (Å²) in [4.78, 5) is 18.1. The predicted octanol–water partition coefficient (Wildman–Crippen LogP) is 3.57. The van der Waals surface area contributed by atoms with Gasteiger partial charge in [-0.15, -0.1) is 11.6 Å². The fraction of sp³-hybridized carbons (Fsp3) is 0.0909. The molecular formula is C11H7Cl2N3O3. The molecule has 0 saturated heterocycles. The molecule has 6 nitrogen and oxygen atoms in total. The highest BCUT2D eigenvalue weighted by Gasteiger charge is 2.17. The van der Waals surface area contributed by atoms with Crippen LogP contribution in [-0.2, 0) is 5.88 Å². The number of nitrogens with zero attached hydrogens (tertiary/aromatic N) is 3. The summed E-state index contributed by atoms with van der Waals surface area (Å²) in [5, 5.41) is 11.1. The maximum atomic E-state index is 10.9. The van der Waals surface area contributed by atoms with Gasteiger partial charge in [-0.2, -0.15) is 0 Å². The van der Waals surface area contributed by atoms with Crippen molar-refractivity contribution < 1.29 is 9.66 Å². The molecule has 0 aliphatic carbocycles. The SMILES string of the molecule is O=[N+]([O-])c1cc(Cl)ccc1Oc1ncc(CCl)cn1. The van der Waals surface area contributed by atoms with Gasteiger partial charge in [0.2, 0.25) is 5.75 Å². The molecule has 0 saturated carbocycles. The van der Waals surface area contributed by atoms with Crippen LogP contribution in [0.5, 0.6) is 11.8 Å². The first-order chi connectivity index (χ1) is 9.10. The van der Waals surface area contributed by atoms with Crippen LogP contribution >= 0.6 is 23.2 Å². The number of ether oxygens (including phenoxy) is 1. The third-order valence-corrected chi connectivity index (χ3v) is 2.70. The van der Waals surface area contributed by atoms with Crippen molar-refractivity contribution in [1.82, 2.24) is 9.97 Å². The molecular weight excluding hydrogens is 293 g/mol. The van der Waals surface area contributed by atoms with Crippen LogP contribution in [0.3, 0.4) is 0 Å². The number of alkyl halides is 1. The van der Waals surface area contributed by atoms with Crippen molar-refractivity contribution in [2.75, 3.05) is 0 Å². The Kier molecular flexibility index (Phi) is 4.13. The third-order valence-electron chi connectivity index (χ3n) is 2.15. The molecule has 0 amide bonds. The first-order valence-corrected chi connectivity index (χ1v) is 6.00. The lowest BCUT2D eigenvalue weighted by molar-refractivity contribution is -0.385. The summed E-state index contributed by atoms with van der Waals surface area (Å²) in [5.74, 6) is 0.300. The van der Waals surface area contributed by atoms with Crippen molar-refractivity contribution in [3.8, 4) is 11.8 Å². The zero-order valence-corrected chi connectivity index (χ0v) is 10.9. The highest BCUT2D eigenvalue weighted by Crippen LogP contribution is 2.32. The summed E-state index contributed by atoms with van der Waals surface area (Å²) < 4.78 is 5.26. The molecule has 0 unspecified atom stereocenters. The number of aromatic nitrogens is 2. The average molecular weight is 300 g/mol. The van der Waals surface area contributed by atoms with Gasteiger partial charge in [0.1, 0.15) is 0 Å². The van der Waals surface area contributed by atoms with E-state index >= 15 is 0 Å². The van der Waals surface area contributed by atoms with Crippen LogP contribution in [0, 0.1) is 10.1 Å². The monoisotopic (exact) mass is 299 g/mol. The minimum atomic E-state index is -0.589. The molecule has 1 heterocycles. The number of benzene rings is 1. The van der Waals surface area contributed by atoms with Crippen LogP contribution in [-0.4, -0.2) is 14.9 Å². The molecule has 1 aromatic heterocycles. The molecule has 1 aromatic carbocycles. The number of nitro groups is 1. The highest BCUT2D eigenvalue weighted by atomic mass is 35.5. The second kappa shape index (κ2) is 5.81. The van der Waals surface area contributed by atoms with E-state index in [-0.39, 0.29) is 28.3 Å². The molecule has 2 aromatic rings. The van der Waals surface area contributed by atoms with Crippen LogP contribution in [0.1, 0.15) is 5.56 Å². The van der Waals surface area contributed by atoms with Crippen molar-refractivity contribution >= 4 is 28.9 Å². The number of halogens is 2. The van der Waals surface area contributed by atoms with E-state index in [1.54, 1.807) is 0 Å². The third kappa shape index (κ3) is 3.30. The minimum absolute atomic E-state index is 0.000658. The standard InChI is InChI=1S/C11H7Cl2N3O3/c12-4-7-5-14-11(15-6-7)19-10-2-1-8(13)3-9(10)16(17)18/h1-3,5-6H,4H2. The van der Waals surface area contributed by atoms with Gasteiger partial charge in [0.25, 0.3) is 0 Å². The summed E-state index contributed by atoms with van der Waals surface area (Å²) in [6.07, 6.45) is 2.97. The zero-order valence-electron chi connectivity index (χ0n) is 9.42. The van der Waals surface area contributed by atoms with Crippen LogP contribution < -0.4 is 4.74 Å². The highest BCUT2D eigenvalue weighted by molar-refractivity contribution is 6.30. The summed E-state index contributed by atoms with van der Waals surface area (Å²) in [7, 11) is 0. The Balaban J connectivity index is 2.29. The van der Waals surface area contributed by atoms with Gasteiger partial charge in [0.15, 0.2) is 0 Å². The second-order valence-electron chi connectivity index (χ2n) is 3.48. The van der Waals surface area contributed by atoms with Gasteiger partial charge in [0.05, 0.1) is 10.8 Å². The van der Waals surface area contributed by atoms with E-state index in [0.29, 0.717) is 0 Å². The Hall–Kier alpha value is -1.92. The lowest BCUT2D eigenvalue weighted by atomic mass is 10.3. The zero-order chi connectivity index (χ0) is 13.8. The molecule has 98 valence electrons. The van der Waals surface area contributed by atoms with Crippen molar-refractivity contribution in [2.24, 2.45) is 0 Å². The molecule has 0 atom stereocenters. The molecule has 19 heavy (non-hydrogen) atoms. The van der Waals surface area contributed by atoms with Gasteiger partial charge in [-0.05, 0) is 12.1 Å². The van der Waals surface area contributed by atoms with E-state index in [1.165, 1.54) is 30.6 Å². The van der Waals surface area contributed by atoms with Gasteiger partial charge in [-0.25, -0.2) is 9.97 Å². The van der Waals surface area contributed by atoms with Crippen LogP contribution in [0.25, 0.3) is 0 Å². The minimum Gasteiger partial charge on any atom is -0.417 e. The topological polar surface area (TPSA) is 78.2 Å². The van der Waals surface area contributed by atoms with Crippen molar-refractivity contribution in [3.05, 3.63) is 51.3 Å². The van der Waals surface area contributed by atoms with Crippen molar-refractivity contribution in [3.63, 3.8) is 0 Å². The van der Waals surface area contributed by atoms with Gasteiger partial charge < -0.3 is 4.74 Å². The van der Waals surface area contributed by atoms with Gasteiger partial charge >= 0.3 is 11.7 Å². The quantitative estimate of drug-likeness (QED) is 0.490. The lowest BCUT2D eigenvalue weighted by Gasteiger charge is -2.04. The Labute approximate surface area is 118 Å². The lowest BCUT2D eigenvalue weighted by Crippen LogP contribution is -1.96. The second-order valence-corrected chi connectivity index (χ2v) is 4.18. The molecule has 8 heteroatoms. The summed E-state index contributed by atoms with van der Waals surface area (Å²) in [6, 6.07) is 4.07. The molecule has 0 N–H and O–H groups in total. The molecule has 0 aliphatic heterocycles. The van der Waals surface area contributed by atoms with Gasteiger partial charge in [0, 0.05) is 29.0 Å². The Morgan fingerprint density at radius 1 is 1.32 bits per heavy atom. The van der Waals surface area contributed by atoms with E-state index in [9.17, 15) is 10.1 Å². The maximum Gasteiger partial charge on any atom is 0.322 e. The molecule has 0 fully saturated rings. The molecule has 0 aliphatic rings.